The highest BCUT2D eigenvalue weighted by molar-refractivity contribution is 5.52. The first-order chi connectivity index (χ1) is 8.29. The van der Waals surface area contributed by atoms with Gasteiger partial charge < -0.3 is 19.9 Å². The minimum atomic E-state index is -0.505. The molecule has 0 fully saturated rings. The van der Waals surface area contributed by atoms with Crippen molar-refractivity contribution in [3.63, 3.8) is 0 Å². The largest absolute Gasteiger partial charge is 0.496 e. The maximum absolute atomic E-state index is 6.13. The molecule has 0 amide bonds. The number of hydrogen-bond acceptors (Lipinski definition) is 4. The molecule has 0 aliphatic rings. The minimum Gasteiger partial charge on any atom is -0.496 e. The molecule has 18 heavy (non-hydrogen) atoms. The van der Waals surface area contributed by atoms with E-state index in [1.165, 1.54) is 0 Å². The van der Waals surface area contributed by atoms with Crippen molar-refractivity contribution in [3.05, 3.63) is 17.7 Å². The fraction of sp³-hybridized carbons (Fsp3) is 0.571. The summed E-state index contributed by atoms with van der Waals surface area (Å²) in [5.41, 5.74) is 6.51. The molecule has 0 saturated carbocycles. The van der Waals surface area contributed by atoms with Crippen LogP contribution in [-0.4, -0.2) is 20.3 Å². The zero-order chi connectivity index (χ0) is 13.9. The van der Waals surface area contributed by atoms with Crippen molar-refractivity contribution in [3.8, 4) is 17.2 Å². The summed E-state index contributed by atoms with van der Waals surface area (Å²) in [7, 11) is 3.23. The van der Waals surface area contributed by atoms with Gasteiger partial charge in [-0.15, -0.1) is 0 Å². The summed E-state index contributed by atoms with van der Waals surface area (Å²) < 4.78 is 16.4. The smallest absolute Gasteiger partial charge is 0.165 e. The van der Waals surface area contributed by atoms with E-state index in [1.807, 2.05) is 39.8 Å². The zero-order valence-corrected chi connectivity index (χ0v) is 12.0. The Hall–Kier alpha value is -1.42. The van der Waals surface area contributed by atoms with Gasteiger partial charge in [-0.2, -0.15) is 0 Å². The van der Waals surface area contributed by atoms with Gasteiger partial charge in [-0.25, -0.2) is 0 Å². The van der Waals surface area contributed by atoms with Gasteiger partial charge in [0.1, 0.15) is 5.75 Å². The van der Waals surface area contributed by atoms with Crippen LogP contribution < -0.4 is 19.9 Å². The number of benzene rings is 1. The Morgan fingerprint density at radius 1 is 1.00 bits per heavy atom. The lowest BCUT2D eigenvalue weighted by atomic mass is 9.94. The molecule has 0 spiro atoms. The molecule has 1 rings (SSSR count). The van der Waals surface area contributed by atoms with Crippen LogP contribution in [0.25, 0.3) is 0 Å². The average Bonchev–Trinajstić information content (AvgIpc) is 2.26. The van der Waals surface area contributed by atoms with Crippen molar-refractivity contribution >= 4 is 0 Å². The minimum absolute atomic E-state index is 0.0698. The summed E-state index contributed by atoms with van der Waals surface area (Å²) in [5, 5.41) is 0. The van der Waals surface area contributed by atoms with Crippen LogP contribution in [0.5, 0.6) is 17.2 Å². The number of rotatable bonds is 5. The quantitative estimate of drug-likeness (QED) is 0.876. The van der Waals surface area contributed by atoms with Crippen molar-refractivity contribution in [1.82, 2.24) is 0 Å². The Balaban J connectivity index is 3.32. The lowest BCUT2D eigenvalue weighted by Gasteiger charge is -2.24. The van der Waals surface area contributed by atoms with Gasteiger partial charge in [-0.1, -0.05) is 0 Å². The van der Waals surface area contributed by atoms with Gasteiger partial charge in [-0.3, -0.25) is 0 Å². The summed E-state index contributed by atoms with van der Waals surface area (Å²) in [4.78, 5) is 0. The Kier molecular flexibility index (Phi) is 4.46. The molecule has 0 bridgehead atoms. The monoisotopic (exact) mass is 253 g/mol. The van der Waals surface area contributed by atoms with Crippen molar-refractivity contribution < 1.29 is 14.2 Å². The SMILES string of the molecule is COc1cc(C(C)(C)N)c(OC)cc1OC(C)C. The first-order valence-corrected chi connectivity index (χ1v) is 6.01. The van der Waals surface area contributed by atoms with Crippen molar-refractivity contribution in [2.45, 2.75) is 39.3 Å². The molecule has 102 valence electrons. The van der Waals surface area contributed by atoms with Gasteiger partial charge in [0.05, 0.1) is 20.3 Å². The van der Waals surface area contributed by atoms with Gasteiger partial charge in [0, 0.05) is 17.2 Å². The van der Waals surface area contributed by atoms with Crippen LogP contribution in [0.1, 0.15) is 33.3 Å². The second-order valence-corrected chi connectivity index (χ2v) is 5.09. The summed E-state index contributed by atoms with van der Waals surface area (Å²) >= 11 is 0. The Morgan fingerprint density at radius 3 is 1.94 bits per heavy atom. The maximum atomic E-state index is 6.13. The fourth-order valence-electron chi connectivity index (χ4n) is 1.72. The highest BCUT2D eigenvalue weighted by Gasteiger charge is 2.23. The first kappa shape index (κ1) is 14.6. The molecule has 0 radical (unpaired) electrons. The number of hydrogen-bond donors (Lipinski definition) is 1. The number of methoxy groups -OCH3 is 2. The van der Waals surface area contributed by atoms with E-state index in [1.54, 1.807) is 14.2 Å². The molecule has 0 aliphatic heterocycles. The Labute approximate surface area is 109 Å². The predicted molar refractivity (Wildman–Crippen MR) is 72.5 cm³/mol. The second kappa shape index (κ2) is 5.48. The van der Waals surface area contributed by atoms with Crippen LogP contribution >= 0.6 is 0 Å². The predicted octanol–water partition coefficient (Wildman–Crippen LogP) is 2.68. The Morgan fingerprint density at radius 2 is 1.56 bits per heavy atom. The normalized spacial score (nSPS) is 11.6. The van der Waals surface area contributed by atoms with E-state index in [4.69, 9.17) is 19.9 Å². The van der Waals surface area contributed by atoms with Crippen molar-refractivity contribution in [2.24, 2.45) is 5.73 Å². The molecule has 0 aliphatic carbocycles. The van der Waals surface area contributed by atoms with E-state index in [0.717, 1.165) is 5.56 Å². The van der Waals surface area contributed by atoms with E-state index < -0.39 is 5.54 Å². The Bertz CT molecular complexity index is 408. The lowest BCUT2D eigenvalue weighted by molar-refractivity contribution is 0.228. The van der Waals surface area contributed by atoms with Gasteiger partial charge in [0.2, 0.25) is 0 Å². The van der Waals surface area contributed by atoms with E-state index in [0.29, 0.717) is 17.2 Å². The number of ether oxygens (including phenoxy) is 3. The van der Waals surface area contributed by atoms with Gasteiger partial charge in [0.15, 0.2) is 11.5 Å². The van der Waals surface area contributed by atoms with Crippen LogP contribution in [0, 0.1) is 0 Å². The van der Waals surface area contributed by atoms with Crippen LogP contribution in [0.4, 0.5) is 0 Å². The molecule has 0 heterocycles. The van der Waals surface area contributed by atoms with Crippen molar-refractivity contribution in [2.75, 3.05) is 14.2 Å². The topological polar surface area (TPSA) is 53.7 Å². The maximum Gasteiger partial charge on any atom is 0.165 e. The average molecular weight is 253 g/mol. The highest BCUT2D eigenvalue weighted by atomic mass is 16.5. The summed E-state index contributed by atoms with van der Waals surface area (Å²) in [5.74, 6) is 2.04. The molecular weight excluding hydrogens is 230 g/mol. The summed E-state index contributed by atoms with van der Waals surface area (Å²) in [6, 6.07) is 3.69. The third-order valence-electron chi connectivity index (χ3n) is 2.54. The van der Waals surface area contributed by atoms with Gasteiger partial charge in [-0.05, 0) is 33.8 Å². The summed E-state index contributed by atoms with van der Waals surface area (Å²) in [6.45, 7) is 7.78. The van der Waals surface area contributed by atoms with E-state index in [-0.39, 0.29) is 6.10 Å². The third kappa shape index (κ3) is 3.29. The van der Waals surface area contributed by atoms with Crippen LogP contribution in [-0.2, 0) is 5.54 Å². The van der Waals surface area contributed by atoms with Crippen LogP contribution in [0.2, 0.25) is 0 Å². The molecule has 0 unspecified atom stereocenters. The standard InChI is InChI=1S/C14H23NO3/c1-9(2)18-13-8-11(16-5)10(14(3,4)15)7-12(13)17-6/h7-9H,15H2,1-6H3. The molecule has 0 saturated heterocycles. The molecule has 4 heteroatoms. The van der Waals surface area contributed by atoms with Crippen LogP contribution in [0.3, 0.4) is 0 Å². The van der Waals surface area contributed by atoms with Crippen molar-refractivity contribution in [1.29, 1.82) is 0 Å². The van der Waals surface area contributed by atoms with E-state index in [2.05, 4.69) is 0 Å². The fourth-order valence-corrected chi connectivity index (χ4v) is 1.72. The molecule has 2 N–H and O–H groups in total. The van der Waals surface area contributed by atoms with Crippen LogP contribution in [0.15, 0.2) is 12.1 Å². The second-order valence-electron chi connectivity index (χ2n) is 5.09. The van der Waals surface area contributed by atoms with E-state index >= 15 is 0 Å². The third-order valence-corrected chi connectivity index (χ3v) is 2.54. The number of nitrogens with two attached hydrogens (primary N) is 1. The van der Waals surface area contributed by atoms with Gasteiger partial charge >= 0.3 is 0 Å². The zero-order valence-electron chi connectivity index (χ0n) is 12.0. The molecule has 0 atom stereocenters. The lowest BCUT2D eigenvalue weighted by Crippen LogP contribution is -2.29. The molecular formula is C14H23NO3. The van der Waals surface area contributed by atoms with E-state index in [9.17, 15) is 0 Å². The van der Waals surface area contributed by atoms with Gasteiger partial charge in [0.25, 0.3) is 0 Å². The highest BCUT2D eigenvalue weighted by Crippen LogP contribution is 2.39. The molecule has 4 nitrogen and oxygen atoms in total. The molecule has 1 aromatic carbocycles. The molecule has 0 aromatic heterocycles. The molecule has 1 aromatic rings. The summed E-state index contributed by atoms with van der Waals surface area (Å²) in [6.07, 6.45) is 0.0698. The first-order valence-electron chi connectivity index (χ1n) is 6.01.